The lowest BCUT2D eigenvalue weighted by Crippen LogP contribution is -2.25. The van der Waals surface area contributed by atoms with E-state index in [-0.39, 0.29) is 10.7 Å². The van der Waals surface area contributed by atoms with Crippen molar-refractivity contribution in [2.45, 2.75) is 17.9 Å². The smallest absolute Gasteiger partial charge is 0.382 e. The van der Waals surface area contributed by atoms with Crippen LogP contribution < -0.4 is 4.90 Å². The Labute approximate surface area is 206 Å². The van der Waals surface area contributed by atoms with Gasteiger partial charge in [-0.3, -0.25) is 0 Å². The highest BCUT2D eigenvalue weighted by Gasteiger charge is 2.16. The minimum absolute atomic E-state index is 0.269. The third-order valence-corrected chi connectivity index (χ3v) is 7.56. The first-order valence-electron chi connectivity index (χ1n) is 10.6. The van der Waals surface area contributed by atoms with Crippen molar-refractivity contribution in [3.8, 4) is 11.8 Å². The monoisotopic (exact) mass is 508 g/mol. The Hall–Kier alpha value is -3.74. The fourth-order valence-electron chi connectivity index (χ4n) is 3.49. The lowest BCUT2D eigenvalue weighted by atomic mass is 10.1. The molecule has 9 heteroatoms. The molecule has 0 atom stereocenters. The molecule has 1 heterocycles. The van der Waals surface area contributed by atoms with Gasteiger partial charge in [-0.2, -0.15) is 0 Å². The quantitative estimate of drug-likeness (QED) is 0.369. The Morgan fingerprint density at radius 1 is 1.06 bits per heavy atom. The van der Waals surface area contributed by atoms with Crippen molar-refractivity contribution in [1.29, 1.82) is 0 Å². The lowest BCUT2D eigenvalue weighted by Gasteiger charge is -2.22. The maximum Gasteiger partial charge on any atom is 0.382 e. The van der Waals surface area contributed by atoms with Gasteiger partial charge < -0.3 is 10.0 Å². The summed E-state index contributed by atoms with van der Waals surface area (Å²) in [5.74, 6) is 3.18. The van der Waals surface area contributed by atoms with Crippen LogP contribution in [0.2, 0.25) is 0 Å². The van der Waals surface area contributed by atoms with Gasteiger partial charge in [0.25, 0.3) is 0 Å². The van der Waals surface area contributed by atoms with Gasteiger partial charge in [0.1, 0.15) is 5.82 Å². The molecule has 6 nitrogen and oxygen atoms in total. The number of benzene rings is 3. The number of anilines is 1. The first-order chi connectivity index (χ1) is 16.7. The zero-order valence-electron chi connectivity index (χ0n) is 18.7. The maximum atomic E-state index is 14.3. The molecular formula is C26H21FN2O4S2. The molecule has 3 aromatic carbocycles. The number of fused-ring (bicyclic) bond motifs is 1. The van der Waals surface area contributed by atoms with E-state index in [2.05, 4.69) is 16.8 Å². The summed E-state index contributed by atoms with van der Waals surface area (Å²) in [4.78, 5) is 17.6. The molecule has 0 aliphatic heterocycles. The summed E-state index contributed by atoms with van der Waals surface area (Å²) in [5, 5.41) is 9.39. The molecule has 0 aliphatic rings. The van der Waals surface area contributed by atoms with Gasteiger partial charge in [0.2, 0.25) is 0 Å². The number of aliphatic carboxylic acids is 1. The lowest BCUT2D eigenvalue weighted by molar-refractivity contribution is -0.130. The SMILES string of the molecule is CS(=O)(=O)c1ccc(CCN(Cc2ccc(C#CC(=O)O)cc2)c2nc3cccc(F)c3s2)cc1. The van der Waals surface area contributed by atoms with Gasteiger partial charge >= 0.3 is 5.97 Å². The standard InChI is InChI=1S/C26H21FN2O4S2/c1-35(32,33)21-12-9-19(10-13-21)15-16-29(26-28-23-4-2-3-22(27)25(23)34-26)17-20-7-5-18(6-8-20)11-14-24(30)31/h2-10,12-13H,15-17H2,1H3,(H,30,31). The van der Waals surface area contributed by atoms with Crippen LogP contribution in [0.4, 0.5) is 9.52 Å². The molecule has 0 saturated heterocycles. The molecule has 1 N–H and O–H groups in total. The van der Waals surface area contributed by atoms with E-state index in [1.165, 1.54) is 23.7 Å². The maximum absolute atomic E-state index is 14.3. The minimum atomic E-state index is -3.26. The van der Waals surface area contributed by atoms with Crippen LogP contribution in [-0.4, -0.2) is 37.3 Å². The fraction of sp³-hybridized carbons (Fsp3) is 0.154. The van der Waals surface area contributed by atoms with Crippen LogP contribution in [0.25, 0.3) is 10.2 Å². The van der Waals surface area contributed by atoms with E-state index in [9.17, 15) is 17.6 Å². The number of halogens is 1. The van der Waals surface area contributed by atoms with Crippen LogP contribution in [0, 0.1) is 17.7 Å². The van der Waals surface area contributed by atoms with Crippen LogP contribution in [0.15, 0.2) is 71.6 Å². The fourth-order valence-corrected chi connectivity index (χ4v) is 5.11. The van der Waals surface area contributed by atoms with Crippen molar-refractivity contribution < 1.29 is 22.7 Å². The van der Waals surface area contributed by atoms with E-state index in [1.54, 1.807) is 48.5 Å². The number of rotatable bonds is 7. The average Bonchev–Trinajstić information content (AvgIpc) is 3.26. The van der Waals surface area contributed by atoms with Crippen molar-refractivity contribution >= 4 is 42.5 Å². The second-order valence-electron chi connectivity index (χ2n) is 7.92. The predicted octanol–water partition coefficient (Wildman–Crippen LogP) is 4.52. The topological polar surface area (TPSA) is 87.6 Å². The number of thiazole rings is 1. The number of carbonyl (C=O) groups is 1. The van der Waals surface area contributed by atoms with Crippen molar-refractivity contribution in [3.05, 3.63) is 89.2 Å². The predicted molar refractivity (Wildman–Crippen MR) is 135 cm³/mol. The number of aromatic nitrogens is 1. The van der Waals surface area contributed by atoms with Crippen molar-refractivity contribution in [2.24, 2.45) is 0 Å². The summed E-state index contributed by atoms with van der Waals surface area (Å²) in [7, 11) is -3.26. The number of sulfone groups is 1. The summed E-state index contributed by atoms with van der Waals surface area (Å²) in [6.45, 7) is 1.07. The average molecular weight is 509 g/mol. The third kappa shape index (κ3) is 6.23. The van der Waals surface area contributed by atoms with Crippen LogP contribution >= 0.6 is 11.3 Å². The van der Waals surface area contributed by atoms with E-state index in [4.69, 9.17) is 5.11 Å². The molecule has 0 amide bonds. The van der Waals surface area contributed by atoms with Gasteiger partial charge in [-0.15, -0.1) is 0 Å². The van der Waals surface area contributed by atoms with Crippen LogP contribution in [-0.2, 0) is 27.6 Å². The third-order valence-electron chi connectivity index (χ3n) is 5.29. The Morgan fingerprint density at radius 3 is 2.37 bits per heavy atom. The molecule has 0 bridgehead atoms. The Kier molecular flexibility index (Phi) is 7.15. The van der Waals surface area contributed by atoms with Gasteiger partial charge in [-0.05, 0) is 53.9 Å². The van der Waals surface area contributed by atoms with E-state index < -0.39 is 15.8 Å². The molecule has 0 fully saturated rings. The van der Waals surface area contributed by atoms with Crippen molar-refractivity contribution in [1.82, 2.24) is 4.98 Å². The van der Waals surface area contributed by atoms with Crippen molar-refractivity contribution in [2.75, 3.05) is 17.7 Å². The molecular weight excluding hydrogens is 487 g/mol. The van der Waals surface area contributed by atoms with Gasteiger partial charge in [0.05, 0.1) is 15.1 Å². The second-order valence-corrected chi connectivity index (χ2v) is 10.9. The molecule has 35 heavy (non-hydrogen) atoms. The molecule has 0 unspecified atom stereocenters. The highest BCUT2D eigenvalue weighted by molar-refractivity contribution is 7.90. The van der Waals surface area contributed by atoms with Crippen LogP contribution in [0.5, 0.6) is 0 Å². The van der Waals surface area contributed by atoms with Gasteiger partial charge in [0, 0.05) is 30.8 Å². The van der Waals surface area contributed by atoms with Crippen LogP contribution in [0.3, 0.4) is 0 Å². The molecule has 0 spiro atoms. The summed E-state index contributed by atoms with van der Waals surface area (Å²) >= 11 is 1.28. The Morgan fingerprint density at radius 2 is 1.74 bits per heavy atom. The number of hydrogen-bond donors (Lipinski definition) is 1. The second kappa shape index (κ2) is 10.3. The van der Waals surface area contributed by atoms with E-state index in [0.29, 0.717) is 40.4 Å². The number of carboxylic acids is 1. The summed E-state index contributed by atoms with van der Waals surface area (Å²) in [6.07, 6.45) is 1.80. The molecule has 0 aliphatic carbocycles. The summed E-state index contributed by atoms with van der Waals surface area (Å²) in [6, 6.07) is 18.8. The number of hydrogen-bond acceptors (Lipinski definition) is 6. The normalized spacial score (nSPS) is 11.1. The molecule has 0 saturated carbocycles. The Bertz CT molecular complexity index is 1530. The van der Waals surface area contributed by atoms with Gasteiger partial charge in [-0.25, -0.2) is 22.6 Å². The Balaban J connectivity index is 1.58. The van der Waals surface area contributed by atoms with Crippen molar-refractivity contribution in [3.63, 3.8) is 0 Å². The van der Waals surface area contributed by atoms with Gasteiger partial charge in [-0.1, -0.05) is 47.6 Å². The van der Waals surface area contributed by atoms with E-state index >= 15 is 0 Å². The zero-order valence-corrected chi connectivity index (χ0v) is 20.4. The molecule has 1 aromatic heterocycles. The first kappa shape index (κ1) is 24.4. The zero-order chi connectivity index (χ0) is 25.0. The number of carboxylic acid groups (broad SMARTS) is 1. The van der Waals surface area contributed by atoms with E-state index in [0.717, 1.165) is 11.1 Å². The summed E-state index contributed by atoms with van der Waals surface area (Å²) < 4.78 is 38.2. The largest absolute Gasteiger partial charge is 0.472 e. The minimum Gasteiger partial charge on any atom is -0.472 e. The molecule has 178 valence electrons. The molecule has 0 radical (unpaired) electrons. The van der Waals surface area contributed by atoms with Gasteiger partial charge in [0.15, 0.2) is 15.0 Å². The summed E-state index contributed by atoms with van der Waals surface area (Å²) in [5.41, 5.74) is 3.11. The number of nitrogens with zero attached hydrogens (tertiary/aromatic N) is 2. The molecule has 4 aromatic rings. The highest BCUT2D eigenvalue weighted by Crippen LogP contribution is 2.31. The first-order valence-corrected chi connectivity index (χ1v) is 13.3. The molecule has 4 rings (SSSR count). The van der Waals surface area contributed by atoms with E-state index in [1.807, 2.05) is 17.0 Å². The van der Waals surface area contributed by atoms with Crippen LogP contribution in [0.1, 0.15) is 16.7 Å². The highest BCUT2D eigenvalue weighted by atomic mass is 32.2.